The maximum Gasteiger partial charge on any atom is 0.223 e. The molecule has 96 valence electrons. The van der Waals surface area contributed by atoms with Crippen molar-refractivity contribution in [2.24, 2.45) is 5.92 Å². The molecule has 0 unspecified atom stereocenters. The summed E-state index contributed by atoms with van der Waals surface area (Å²) in [5, 5.41) is 4.03. The molecule has 1 fully saturated rings. The molecule has 0 N–H and O–H groups in total. The SMILES string of the molecule is Cc1nc(C2CCN(CCC(C)C)CC2)no1. The normalized spacial score (nSPS) is 19.1. The summed E-state index contributed by atoms with van der Waals surface area (Å²) in [5.41, 5.74) is 0. The van der Waals surface area contributed by atoms with Crippen LogP contribution in [0.5, 0.6) is 0 Å². The van der Waals surface area contributed by atoms with E-state index >= 15 is 0 Å². The summed E-state index contributed by atoms with van der Waals surface area (Å²) in [7, 11) is 0. The average Bonchev–Trinajstić information content (AvgIpc) is 2.74. The smallest absolute Gasteiger partial charge is 0.223 e. The van der Waals surface area contributed by atoms with E-state index in [1.165, 1.54) is 26.1 Å². The molecule has 1 aliphatic rings. The van der Waals surface area contributed by atoms with Gasteiger partial charge >= 0.3 is 0 Å². The molecule has 0 aliphatic carbocycles. The lowest BCUT2D eigenvalue weighted by Crippen LogP contribution is -2.34. The standard InChI is InChI=1S/C13H23N3O/c1-10(2)4-7-16-8-5-12(6-9-16)13-14-11(3)17-15-13/h10,12H,4-9H2,1-3H3. The van der Waals surface area contributed by atoms with E-state index in [4.69, 9.17) is 4.52 Å². The van der Waals surface area contributed by atoms with Gasteiger partial charge in [-0.15, -0.1) is 0 Å². The topological polar surface area (TPSA) is 42.2 Å². The molecule has 0 amide bonds. The number of nitrogens with zero attached hydrogens (tertiary/aromatic N) is 3. The Morgan fingerprint density at radius 1 is 1.35 bits per heavy atom. The first-order valence-corrected chi connectivity index (χ1v) is 6.67. The first-order valence-electron chi connectivity index (χ1n) is 6.67. The Morgan fingerprint density at radius 3 is 2.59 bits per heavy atom. The van der Waals surface area contributed by atoms with Gasteiger partial charge in [-0.3, -0.25) is 0 Å². The first kappa shape index (κ1) is 12.6. The molecule has 0 aromatic carbocycles. The fourth-order valence-corrected chi connectivity index (χ4v) is 2.34. The van der Waals surface area contributed by atoms with Crippen LogP contribution >= 0.6 is 0 Å². The third kappa shape index (κ3) is 3.53. The Balaban J connectivity index is 1.78. The van der Waals surface area contributed by atoms with Crippen molar-refractivity contribution in [3.63, 3.8) is 0 Å². The summed E-state index contributed by atoms with van der Waals surface area (Å²) in [4.78, 5) is 6.90. The van der Waals surface area contributed by atoms with Gasteiger partial charge in [0, 0.05) is 12.8 Å². The van der Waals surface area contributed by atoms with E-state index in [-0.39, 0.29) is 0 Å². The minimum Gasteiger partial charge on any atom is -0.340 e. The second-order valence-electron chi connectivity index (χ2n) is 5.47. The van der Waals surface area contributed by atoms with Crippen LogP contribution in [0.15, 0.2) is 4.52 Å². The van der Waals surface area contributed by atoms with Crippen LogP contribution in [0.4, 0.5) is 0 Å². The van der Waals surface area contributed by atoms with Gasteiger partial charge in [0.1, 0.15) is 0 Å². The second-order valence-corrected chi connectivity index (χ2v) is 5.47. The van der Waals surface area contributed by atoms with Crippen LogP contribution in [0.3, 0.4) is 0 Å². The van der Waals surface area contributed by atoms with Gasteiger partial charge in [0.15, 0.2) is 5.82 Å². The van der Waals surface area contributed by atoms with E-state index in [0.717, 1.165) is 24.6 Å². The summed E-state index contributed by atoms with van der Waals surface area (Å²) < 4.78 is 5.05. The molecular weight excluding hydrogens is 214 g/mol. The number of rotatable bonds is 4. The Kier molecular flexibility index (Phi) is 4.15. The van der Waals surface area contributed by atoms with Crippen molar-refractivity contribution in [3.8, 4) is 0 Å². The van der Waals surface area contributed by atoms with Crippen molar-refractivity contribution in [2.45, 2.75) is 46.0 Å². The maximum atomic E-state index is 5.05. The maximum absolute atomic E-state index is 5.05. The minimum absolute atomic E-state index is 0.503. The number of likely N-dealkylation sites (tertiary alicyclic amines) is 1. The van der Waals surface area contributed by atoms with Crippen molar-refractivity contribution in [1.82, 2.24) is 15.0 Å². The predicted octanol–water partition coefficient (Wildman–Crippen LogP) is 2.60. The van der Waals surface area contributed by atoms with Gasteiger partial charge in [0.25, 0.3) is 0 Å². The number of aryl methyl sites for hydroxylation is 1. The zero-order chi connectivity index (χ0) is 12.3. The molecule has 2 heterocycles. The van der Waals surface area contributed by atoms with Crippen molar-refractivity contribution < 1.29 is 4.52 Å². The molecule has 0 spiro atoms. The van der Waals surface area contributed by atoms with Crippen LogP contribution in [0.25, 0.3) is 0 Å². The third-order valence-corrected chi connectivity index (χ3v) is 3.52. The number of piperidine rings is 1. The largest absolute Gasteiger partial charge is 0.340 e. The van der Waals surface area contributed by atoms with Crippen LogP contribution in [-0.4, -0.2) is 34.7 Å². The Bertz CT molecular complexity index is 340. The summed E-state index contributed by atoms with van der Waals surface area (Å²) in [6.07, 6.45) is 3.63. The van der Waals surface area contributed by atoms with Gasteiger partial charge in [-0.1, -0.05) is 19.0 Å². The molecule has 4 heteroatoms. The van der Waals surface area contributed by atoms with Crippen LogP contribution in [0.2, 0.25) is 0 Å². The fourth-order valence-electron chi connectivity index (χ4n) is 2.34. The molecule has 0 saturated carbocycles. The fraction of sp³-hybridized carbons (Fsp3) is 0.846. The Hall–Kier alpha value is -0.900. The zero-order valence-corrected chi connectivity index (χ0v) is 11.1. The molecule has 0 atom stereocenters. The molecule has 17 heavy (non-hydrogen) atoms. The van der Waals surface area contributed by atoms with Crippen molar-refractivity contribution in [2.75, 3.05) is 19.6 Å². The highest BCUT2D eigenvalue weighted by Crippen LogP contribution is 2.26. The molecule has 0 radical (unpaired) electrons. The highest BCUT2D eigenvalue weighted by molar-refractivity contribution is 4.97. The molecule has 4 nitrogen and oxygen atoms in total. The monoisotopic (exact) mass is 237 g/mol. The van der Waals surface area contributed by atoms with Gasteiger partial charge in [0.05, 0.1) is 0 Å². The molecule has 1 saturated heterocycles. The zero-order valence-electron chi connectivity index (χ0n) is 11.1. The van der Waals surface area contributed by atoms with Crippen molar-refractivity contribution in [3.05, 3.63) is 11.7 Å². The highest BCUT2D eigenvalue weighted by Gasteiger charge is 2.23. The first-order chi connectivity index (χ1) is 8.15. The van der Waals surface area contributed by atoms with Gasteiger partial charge in [-0.2, -0.15) is 4.98 Å². The molecule has 2 rings (SSSR count). The Morgan fingerprint density at radius 2 is 2.06 bits per heavy atom. The molecule has 1 aliphatic heterocycles. The highest BCUT2D eigenvalue weighted by atomic mass is 16.5. The van der Waals surface area contributed by atoms with Gasteiger partial charge < -0.3 is 9.42 Å². The van der Waals surface area contributed by atoms with Gasteiger partial charge in [-0.05, 0) is 44.8 Å². The van der Waals surface area contributed by atoms with E-state index in [1.807, 2.05) is 6.92 Å². The number of hydrogen-bond donors (Lipinski definition) is 0. The lowest BCUT2D eigenvalue weighted by molar-refractivity contribution is 0.198. The van der Waals surface area contributed by atoms with Crippen LogP contribution in [-0.2, 0) is 0 Å². The van der Waals surface area contributed by atoms with E-state index in [2.05, 4.69) is 28.9 Å². The van der Waals surface area contributed by atoms with E-state index in [1.54, 1.807) is 0 Å². The quantitative estimate of drug-likeness (QED) is 0.807. The van der Waals surface area contributed by atoms with Crippen molar-refractivity contribution in [1.29, 1.82) is 0 Å². The summed E-state index contributed by atoms with van der Waals surface area (Å²) in [6.45, 7) is 10.0. The average molecular weight is 237 g/mol. The number of hydrogen-bond acceptors (Lipinski definition) is 4. The summed E-state index contributed by atoms with van der Waals surface area (Å²) >= 11 is 0. The summed E-state index contributed by atoms with van der Waals surface area (Å²) in [5.74, 6) is 2.89. The van der Waals surface area contributed by atoms with E-state index in [9.17, 15) is 0 Å². The van der Waals surface area contributed by atoms with E-state index in [0.29, 0.717) is 11.8 Å². The lowest BCUT2D eigenvalue weighted by Gasteiger charge is -2.30. The number of aromatic nitrogens is 2. The third-order valence-electron chi connectivity index (χ3n) is 3.52. The molecule has 1 aromatic rings. The van der Waals surface area contributed by atoms with Gasteiger partial charge in [0.2, 0.25) is 5.89 Å². The van der Waals surface area contributed by atoms with Crippen molar-refractivity contribution >= 4 is 0 Å². The molecule has 1 aromatic heterocycles. The van der Waals surface area contributed by atoms with Crippen LogP contribution in [0, 0.1) is 12.8 Å². The predicted molar refractivity (Wildman–Crippen MR) is 66.9 cm³/mol. The summed E-state index contributed by atoms with van der Waals surface area (Å²) in [6, 6.07) is 0. The molecular formula is C13H23N3O. The molecule has 0 bridgehead atoms. The van der Waals surface area contributed by atoms with Gasteiger partial charge in [-0.25, -0.2) is 0 Å². The Labute approximate surface area is 103 Å². The lowest BCUT2D eigenvalue weighted by atomic mass is 9.96. The van der Waals surface area contributed by atoms with Crippen LogP contribution < -0.4 is 0 Å². The minimum atomic E-state index is 0.503. The van der Waals surface area contributed by atoms with Crippen LogP contribution in [0.1, 0.15) is 50.7 Å². The second kappa shape index (κ2) is 5.63. The van der Waals surface area contributed by atoms with E-state index < -0.39 is 0 Å².